The first-order valence-electron chi connectivity index (χ1n) is 9.58. The zero-order valence-corrected chi connectivity index (χ0v) is 15.1. The van der Waals surface area contributed by atoms with Gasteiger partial charge in [-0.1, -0.05) is 77.6 Å². The second-order valence-electron chi connectivity index (χ2n) is 6.82. The molecule has 0 aromatic heterocycles. The van der Waals surface area contributed by atoms with Crippen LogP contribution in [0.2, 0.25) is 0 Å². The van der Waals surface area contributed by atoms with Crippen molar-refractivity contribution in [2.45, 2.75) is 90.4 Å². The third-order valence-corrected chi connectivity index (χ3v) is 4.62. The van der Waals surface area contributed by atoms with Crippen molar-refractivity contribution >= 4 is 17.1 Å². The molecular weight excluding hydrogens is 282 g/mol. The van der Waals surface area contributed by atoms with E-state index in [1.54, 1.807) is 0 Å². The molecule has 0 bridgehead atoms. The molecule has 0 fully saturated rings. The predicted molar refractivity (Wildman–Crippen MR) is 104 cm³/mol. The lowest BCUT2D eigenvalue weighted by molar-refractivity contribution is 0.544. The van der Waals surface area contributed by atoms with Crippen LogP contribution >= 0.6 is 0 Å². The molecule has 0 aliphatic carbocycles. The van der Waals surface area contributed by atoms with E-state index in [1.807, 2.05) is 12.1 Å². The van der Waals surface area contributed by atoms with Crippen LogP contribution in [0, 0.1) is 0 Å². The number of benzene rings is 1. The lowest BCUT2D eigenvalue weighted by Crippen LogP contribution is -2.02. The van der Waals surface area contributed by atoms with Crippen LogP contribution in [0.3, 0.4) is 0 Å². The third kappa shape index (κ3) is 8.73. The Balaban J connectivity index is 1.98. The topological polar surface area (TPSA) is 78.1 Å². The Morgan fingerprint density at radius 1 is 0.609 bits per heavy atom. The summed E-state index contributed by atoms with van der Waals surface area (Å²) in [6.45, 7) is 2.27. The van der Waals surface area contributed by atoms with Crippen LogP contribution in [0.15, 0.2) is 12.1 Å². The van der Waals surface area contributed by atoms with Crippen molar-refractivity contribution in [3.05, 3.63) is 17.7 Å². The summed E-state index contributed by atoms with van der Waals surface area (Å²) in [6, 6.07) is 3.62. The van der Waals surface area contributed by atoms with E-state index in [0.29, 0.717) is 5.69 Å². The Bertz CT molecular complexity index is 406. The maximum atomic E-state index is 6.00. The fourth-order valence-electron chi connectivity index (χ4n) is 3.17. The van der Waals surface area contributed by atoms with Crippen molar-refractivity contribution in [1.29, 1.82) is 0 Å². The van der Waals surface area contributed by atoms with Crippen molar-refractivity contribution in [3.8, 4) is 0 Å². The number of hydrogen-bond donors (Lipinski definition) is 3. The number of rotatable bonds is 13. The van der Waals surface area contributed by atoms with Gasteiger partial charge in [0.15, 0.2) is 0 Å². The molecule has 0 heterocycles. The molecule has 3 nitrogen and oxygen atoms in total. The van der Waals surface area contributed by atoms with E-state index in [9.17, 15) is 0 Å². The number of unbranched alkanes of at least 4 members (excludes halogenated alkanes) is 11. The molecule has 3 heteroatoms. The van der Waals surface area contributed by atoms with Crippen molar-refractivity contribution < 1.29 is 0 Å². The van der Waals surface area contributed by atoms with Crippen molar-refractivity contribution in [2.24, 2.45) is 0 Å². The Labute approximate surface area is 143 Å². The van der Waals surface area contributed by atoms with Crippen LogP contribution < -0.4 is 17.2 Å². The lowest BCUT2D eigenvalue weighted by Gasteiger charge is -2.10. The Morgan fingerprint density at radius 2 is 1.00 bits per heavy atom. The van der Waals surface area contributed by atoms with Crippen LogP contribution in [0.25, 0.3) is 0 Å². The molecule has 6 N–H and O–H groups in total. The average molecular weight is 320 g/mol. The fourth-order valence-corrected chi connectivity index (χ4v) is 3.17. The summed E-state index contributed by atoms with van der Waals surface area (Å²) in [7, 11) is 0. The first kappa shape index (κ1) is 19.7. The van der Waals surface area contributed by atoms with Gasteiger partial charge < -0.3 is 17.2 Å². The monoisotopic (exact) mass is 319 g/mol. The maximum Gasteiger partial charge on any atom is 0.0387 e. The molecular formula is C20H37N3. The number of anilines is 3. The first-order valence-corrected chi connectivity index (χ1v) is 9.58. The van der Waals surface area contributed by atoms with E-state index in [4.69, 9.17) is 17.2 Å². The molecule has 1 aromatic carbocycles. The van der Waals surface area contributed by atoms with Gasteiger partial charge in [-0.25, -0.2) is 0 Å². The molecule has 1 aromatic rings. The molecule has 1 rings (SSSR count). The number of nitrogen functional groups attached to an aromatic ring is 3. The van der Waals surface area contributed by atoms with E-state index in [2.05, 4.69) is 6.92 Å². The first-order chi connectivity index (χ1) is 11.1. The fraction of sp³-hybridized carbons (Fsp3) is 0.700. The quantitative estimate of drug-likeness (QED) is 0.323. The number of nitrogens with two attached hydrogens (primary N) is 3. The minimum absolute atomic E-state index is 0.651. The summed E-state index contributed by atoms with van der Waals surface area (Å²) in [5.41, 5.74) is 20.9. The van der Waals surface area contributed by atoms with Gasteiger partial charge in [-0.05, 0) is 30.5 Å². The molecule has 23 heavy (non-hydrogen) atoms. The maximum absolute atomic E-state index is 6.00. The van der Waals surface area contributed by atoms with Crippen molar-refractivity contribution in [1.82, 2.24) is 0 Å². The van der Waals surface area contributed by atoms with E-state index in [0.717, 1.165) is 29.8 Å². The Kier molecular flexibility index (Phi) is 10.3. The zero-order chi connectivity index (χ0) is 16.9. The van der Waals surface area contributed by atoms with Crippen LogP contribution in [-0.4, -0.2) is 0 Å². The van der Waals surface area contributed by atoms with E-state index in [-0.39, 0.29) is 0 Å². The highest BCUT2D eigenvalue weighted by Gasteiger charge is 2.05. The highest BCUT2D eigenvalue weighted by Crippen LogP contribution is 2.25. The van der Waals surface area contributed by atoms with Gasteiger partial charge in [-0.2, -0.15) is 0 Å². The van der Waals surface area contributed by atoms with Crippen molar-refractivity contribution in [2.75, 3.05) is 17.2 Å². The summed E-state index contributed by atoms with van der Waals surface area (Å²) in [6.07, 6.45) is 17.3. The molecule has 0 aliphatic rings. The highest BCUT2D eigenvalue weighted by atomic mass is 14.7. The normalized spacial score (nSPS) is 11.0. The second-order valence-corrected chi connectivity index (χ2v) is 6.82. The molecule has 0 amide bonds. The lowest BCUT2D eigenvalue weighted by atomic mass is 10.0. The average Bonchev–Trinajstić information content (AvgIpc) is 2.50. The van der Waals surface area contributed by atoms with Crippen LogP contribution in [0.5, 0.6) is 0 Å². The summed E-state index contributed by atoms with van der Waals surface area (Å²) in [5.74, 6) is 0. The molecule has 0 spiro atoms. The smallest absolute Gasteiger partial charge is 0.0387 e. The summed E-state index contributed by atoms with van der Waals surface area (Å²) in [5, 5.41) is 0. The minimum atomic E-state index is 0.651. The van der Waals surface area contributed by atoms with Crippen LogP contribution in [0.1, 0.15) is 89.5 Å². The Morgan fingerprint density at radius 3 is 1.43 bits per heavy atom. The summed E-state index contributed by atoms with van der Waals surface area (Å²) in [4.78, 5) is 0. The molecule has 0 saturated carbocycles. The number of hydrogen-bond acceptors (Lipinski definition) is 3. The van der Waals surface area contributed by atoms with E-state index < -0.39 is 0 Å². The van der Waals surface area contributed by atoms with Gasteiger partial charge in [0.25, 0.3) is 0 Å². The third-order valence-electron chi connectivity index (χ3n) is 4.62. The Hall–Kier alpha value is -1.38. The largest absolute Gasteiger partial charge is 0.399 e. The van der Waals surface area contributed by atoms with Gasteiger partial charge >= 0.3 is 0 Å². The van der Waals surface area contributed by atoms with Gasteiger partial charge in [0.1, 0.15) is 0 Å². The van der Waals surface area contributed by atoms with Gasteiger partial charge in [-0.3, -0.25) is 0 Å². The van der Waals surface area contributed by atoms with Gasteiger partial charge in [-0.15, -0.1) is 0 Å². The van der Waals surface area contributed by atoms with Gasteiger partial charge in [0.05, 0.1) is 0 Å². The summed E-state index contributed by atoms with van der Waals surface area (Å²) < 4.78 is 0. The SMILES string of the molecule is CCCCCCCCCCCCCCc1c(N)cc(N)cc1N. The second kappa shape index (κ2) is 12.1. The zero-order valence-electron chi connectivity index (χ0n) is 15.1. The standard InChI is InChI=1S/C20H37N3/c1-2-3-4-5-6-7-8-9-10-11-12-13-14-18-19(22)15-17(21)16-20(18)23/h15-16H,2-14,21-23H2,1H3. The molecule has 0 aliphatic heterocycles. The molecule has 0 atom stereocenters. The van der Waals surface area contributed by atoms with Crippen LogP contribution in [0.4, 0.5) is 17.1 Å². The van der Waals surface area contributed by atoms with E-state index >= 15 is 0 Å². The molecule has 132 valence electrons. The van der Waals surface area contributed by atoms with Gasteiger partial charge in [0.2, 0.25) is 0 Å². The molecule has 0 saturated heterocycles. The molecule has 0 radical (unpaired) electrons. The van der Waals surface area contributed by atoms with E-state index in [1.165, 1.54) is 70.6 Å². The summed E-state index contributed by atoms with van der Waals surface area (Å²) >= 11 is 0. The predicted octanol–water partition coefficient (Wildman–Crippen LogP) is 5.68. The minimum Gasteiger partial charge on any atom is -0.399 e. The molecule has 0 unspecified atom stereocenters. The van der Waals surface area contributed by atoms with Crippen molar-refractivity contribution in [3.63, 3.8) is 0 Å². The van der Waals surface area contributed by atoms with Gasteiger partial charge in [0, 0.05) is 17.1 Å². The highest BCUT2D eigenvalue weighted by molar-refractivity contribution is 5.68. The van der Waals surface area contributed by atoms with Crippen LogP contribution in [-0.2, 0) is 6.42 Å².